The largest absolute Gasteiger partial charge is 0.342 e. The number of likely N-dealkylation sites (tertiary alicyclic amines) is 1. The molecule has 6 nitrogen and oxygen atoms in total. The highest BCUT2D eigenvalue weighted by Gasteiger charge is 2.61. The minimum absolute atomic E-state index is 0.327. The molecule has 0 bridgehead atoms. The fraction of sp³-hybridized carbons (Fsp3) is 0.500. The molecule has 6 rings (SSSR count). The summed E-state index contributed by atoms with van der Waals surface area (Å²) in [4.78, 5) is 24.5. The Morgan fingerprint density at radius 1 is 1.13 bits per heavy atom. The van der Waals surface area contributed by atoms with E-state index in [1.165, 1.54) is 19.3 Å². The van der Waals surface area contributed by atoms with Crippen molar-refractivity contribution < 1.29 is 4.79 Å². The molecule has 6 heteroatoms. The third-order valence-electron chi connectivity index (χ3n) is 7.67. The van der Waals surface area contributed by atoms with Crippen LogP contribution in [0.4, 0.5) is 0 Å². The number of piperidine rings is 1. The number of hydrogen-bond acceptors (Lipinski definition) is 4. The number of aryl methyl sites for hydroxylation is 1. The molecule has 1 spiro atoms. The van der Waals surface area contributed by atoms with Crippen molar-refractivity contribution in [1.29, 1.82) is 0 Å². The predicted molar refractivity (Wildman–Crippen MR) is 114 cm³/mol. The first-order chi connectivity index (χ1) is 14.6. The monoisotopic (exact) mass is 401 g/mol. The van der Waals surface area contributed by atoms with Crippen LogP contribution in [0.5, 0.6) is 0 Å². The topological polar surface area (TPSA) is 63.9 Å². The molecule has 2 aliphatic carbocycles. The number of hydrogen-bond donors (Lipinski definition) is 0. The second-order valence-electron chi connectivity index (χ2n) is 9.36. The van der Waals surface area contributed by atoms with Gasteiger partial charge in [0.05, 0.1) is 5.69 Å². The molecule has 1 aliphatic heterocycles. The molecule has 0 aromatic carbocycles. The summed E-state index contributed by atoms with van der Waals surface area (Å²) < 4.78 is 1.85. The molecular formula is C24H27N5O. The SMILES string of the molecule is Cc1nn(-c2ccccn2)c2nc(C3CCN(C(=O)C4CC45CCC5)CC3)ccc12. The average Bonchev–Trinajstić information content (AvgIpc) is 3.46. The number of amides is 1. The molecule has 0 N–H and O–H groups in total. The third kappa shape index (κ3) is 2.76. The van der Waals surface area contributed by atoms with Crippen LogP contribution in [0.25, 0.3) is 16.9 Å². The minimum Gasteiger partial charge on any atom is -0.342 e. The van der Waals surface area contributed by atoms with Gasteiger partial charge in [-0.15, -0.1) is 0 Å². The summed E-state index contributed by atoms with van der Waals surface area (Å²) >= 11 is 0. The second-order valence-corrected chi connectivity index (χ2v) is 9.36. The van der Waals surface area contributed by atoms with Crippen molar-refractivity contribution >= 4 is 16.9 Å². The predicted octanol–water partition coefficient (Wildman–Crippen LogP) is 4.02. The first-order valence-corrected chi connectivity index (χ1v) is 11.2. The van der Waals surface area contributed by atoms with Gasteiger partial charge in [-0.3, -0.25) is 4.79 Å². The normalized spacial score (nSPS) is 23.0. The number of nitrogens with zero attached hydrogens (tertiary/aromatic N) is 5. The van der Waals surface area contributed by atoms with Gasteiger partial charge in [-0.05, 0) is 68.7 Å². The molecule has 4 heterocycles. The Bertz CT molecular complexity index is 1110. The zero-order valence-corrected chi connectivity index (χ0v) is 17.4. The van der Waals surface area contributed by atoms with Gasteiger partial charge in [0, 0.05) is 42.2 Å². The lowest BCUT2D eigenvalue weighted by molar-refractivity contribution is -0.135. The lowest BCUT2D eigenvalue weighted by Crippen LogP contribution is -2.40. The van der Waals surface area contributed by atoms with Gasteiger partial charge in [0.25, 0.3) is 0 Å². The third-order valence-corrected chi connectivity index (χ3v) is 7.67. The van der Waals surface area contributed by atoms with Crippen LogP contribution in [0.1, 0.15) is 55.8 Å². The van der Waals surface area contributed by atoms with Crippen molar-refractivity contribution in [3.63, 3.8) is 0 Å². The highest BCUT2D eigenvalue weighted by molar-refractivity contribution is 5.83. The van der Waals surface area contributed by atoms with Crippen molar-refractivity contribution in [2.24, 2.45) is 11.3 Å². The summed E-state index contributed by atoms with van der Waals surface area (Å²) in [6.07, 6.45) is 8.75. The van der Waals surface area contributed by atoms with Gasteiger partial charge in [-0.1, -0.05) is 12.5 Å². The van der Waals surface area contributed by atoms with Crippen molar-refractivity contribution in [3.05, 3.63) is 47.9 Å². The van der Waals surface area contributed by atoms with E-state index in [0.717, 1.165) is 60.6 Å². The van der Waals surface area contributed by atoms with E-state index in [0.29, 0.717) is 23.2 Å². The highest BCUT2D eigenvalue weighted by Crippen LogP contribution is 2.66. The van der Waals surface area contributed by atoms with Gasteiger partial charge in [0.15, 0.2) is 11.5 Å². The maximum Gasteiger partial charge on any atom is 0.226 e. The summed E-state index contributed by atoms with van der Waals surface area (Å²) in [5.74, 6) is 1.92. The number of rotatable bonds is 3. The summed E-state index contributed by atoms with van der Waals surface area (Å²) in [7, 11) is 0. The molecule has 3 aliphatic rings. The van der Waals surface area contributed by atoms with Gasteiger partial charge in [0.2, 0.25) is 5.91 Å². The Hall–Kier alpha value is -2.76. The quantitative estimate of drug-likeness (QED) is 0.665. The smallest absolute Gasteiger partial charge is 0.226 e. The molecule has 154 valence electrons. The summed E-state index contributed by atoms with van der Waals surface area (Å²) in [6, 6.07) is 10.1. The standard InChI is InChI=1S/C24H27N5O/c1-16-18-6-7-20(26-22(18)29(27-16)21-5-2-3-12-25-21)17-8-13-28(14-9-17)23(30)19-15-24(19)10-4-11-24/h2-3,5-7,12,17,19H,4,8-11,13-15H2,1H3. The zero-order chi connectivity index (χ0) is 20.3. The number of carbonyl (C=O) groups excluding carboxylic acids is 1. The van der Waals surface area contributed by atoms with Gasteiger partial charge in [-0.2, -0.15) is 9.78 Å². The summed E-state index contributed by atoms with van der Waals surface area (Å²) in [5.41, 5.74) is 3.35. The van der Waals surface area contributed by atoms with E-state index in [1.54, 1.807) is 6.20 Å². The molecule has 1 unspecified atom stereocenters. The first kappa shape index (κ1) is 18.0. The summed E-state index contributed by atoms with van der Waals surface area (Å²) in [5, 5.41) is 5.74. The average molecular weight is 402 g/mol. The lowest BCUT2D eigenvalue weighted by Gasteiger charge is -2.34. The second kappa shape index (κ2) is 6.62. The molecule has 30 heavy (non-hydrogen) atoms. The van der Waals surface area contributed by atoms with E-state index in [-0.39, 0.29) is 0 Å². The fourth-order valence-electron chi connectivity index (χ4n) is 5.52. The molecule has 0 radical (unpaired) electrons. The van der Waals surface area contributed by atoms with E-state index in [9.17, 15) is 4.79 Å². The van der Waals surface area contributed by atoms with Gasteiger partial charge in [0.1, 0.15) is 0 Å². The molecular weight excluding hydrogens is 374 g/mol. The van der Waals surface area contributed by atoms with Crippen molar-refractivity contribution in [2.75, 3.05) is 13.1 Å². The Labute approximate surface area is 176 Å². The van der Waals surface area contributed by atoms with E-state index < -0.39 is 0 Å². The maximum atomic E-state index is 12.9. The molecule has 2 saturated carbocycles. The van der Waals surface area contributed by atoms with Crippen LogP contribution < -0.4 is 0 Å². The number of aromatic nitrogens is 4. The van der Waals surface area contributed by atoms with Crippen LogP contribution in [0, 0.1) is 18.3 Å². The van der Waals surface area contributed by atoms with Crippen molar-refractivity contribution in [2.45, 2.75) is 51.4 Å². The van der Waals surface area contributed by atoms with Crippen LogP contribution in [0.2, 0.25) is 0 Å². The van der Waals surface area contributed by atoms with E-state index >= 15 is 0 Å². The van der Waals surface area contributed by atoms with Crippen LogP contribution in [-0.2, 0) is 4.79 Å². The van der Waals surface area contributed by atoms with E-state index in [2.05, 4.69) is 27.1 Å². The van der Waals surface area contributed by atoms with Crippen LogP contribution in [0.3, 0.4) is 0 Å². The van der Waals surface area contributed by atoms with Gasteiger partial charge in [-0.25, -0.2) is 9.97 Å². The Morgan fingerprint density at radius 3 is 2.63 bits per heavy atom. The fourth-order valence-corrected chi connectivity index (χ4v) is 5.52. The van der Waals surface area contributed by atoms with Gasteiger partial charge >= 0.3 is 0 Å². The number of fused-ring (bicyclic) bond motifs is 1. The van der Waals surface area contributed by atoms with Crippen molar-refractivity contribution in [1.82, 2.24) is 24.6 Å². The lowest BCUT2D eigenvalue weighted by atomic mass is 9.79. The van der Waals surface area contributed by atoms with Crippen LogP contribution >= 0.6 is 0 Å². The Balaban J connectivity index is 1.21. The van der Waals surface area contributed by atoms with Crippen LogP contribution in [0.15, 0.2) is 36.5 Å². The molecule has 3 aromatic rings. The minimum atomic E-state index is 0.327. The van der Waals surface area contributed by atoms with Crippen LogP contribution in [-0.4, -0.2) is 43.6 Å². The number of pyridine rings is 2. The molecule has 1 atom stereocenters. The Kier molecular flexibility index (Phi) is 3.98. The van der Waals surface area contributed by atoms with E-state index in [1.807, 2.05) is 29.8 Å². The molecule has 3 fully saturated rings. The summed E-state index contributed by atoms with van der Waals surface area (Å²) in [6.45, 7) is 3.72. The molecule has 1 amide bonds. The zero-order valence-electron chi connectivity index (χ0n) is 17.4. The first-order valence-electron chi connectivity index (χ1n) is 11.2. The van der Waals surface area contributed by atoms with E-state index in [4.69, 9.17) is 4.98 Å². The highest BCUT2D eigenvalue weighted by atomic mass is 16.2. The number of carbonyl (C=O) groups is 1. The molecule has 3 aromatic heterocycles. The Morgan fingerprint density at radius 2 is 1.97 bits per heavy atom. The molecule has 1 saturated heterocycles. The van der Waals surface area contributed by atoms with Crippen molar-refractivity contribution in [3.8, 4) is 5.82 Å². The maximum absolute atomic E-state index is 12.9. The van der Waals surface area contributed by atoms with Gasteiger partial charge < -0.3 is 4.90 Å².